The number of imide groups is 5. The molecule has 46 nitrogen and oxygen atoms in total. The number of aromatic nitrogens is 9. The molecule has 5 fully saturated rings. The number of benzene rings is 8. The molecular weight excluding hydrogens is 1910 g/mol. The van der Waals surface area contributed by atoms with E-state index in [1.807, 2.05) is 128 Å². The van der Waals surface area contributed by atoms with Crippen LogP contribution in [0.3, 0.4) is 0 Å². The van der Waals surface area contributed by atoms with Gasteiger partial charge < -0.3 is 83.8 Å². The third-order valence-electron chi connectivity index (χ3n) is 26.8. The summed E-state index contributed by atoms with van der Waals surface area (Å²) in [4.78, 5) is 197. The number of urea groups is 5. The molecule has 0 spiro atoms. The van der Waals surface area contributed by atoms with Gasteiger partial charge in [-0.05, 0) is 126 Å². The molecule has 0 bridgehead atoms. The highest BCUT2D eigenvalue weighted by atomic mass is 16.5. The van der Waals surface area contributed by atoms with Crippen molar-refractivity contribution in [1.82, 2.24) is 123 Å². The number of carbonyl (C=O) groups excluding carboxylic acids is 15. The van der Waals surface area contributed by atoms with Crippen molar-refractivity contribution in [3.05, 3.63) is 308 Å². The predicted octanol–water partition coefficient (Wildman–Crippen LogP) is 6.54. The Morgan fingerprint density at radius 1 is 0.351 bits per heavy atom. The smallest absolute Gasteiger partial charge is 0.322 e. The second-order valence-corrected chi connectivity index (χ2v) is 36.0. The Bertz CT molecular complexity index is 7600. The fourth-order valence-corrected chi connectivity index (χ4v) is 19.4. The molecule has 0 aliphatic carbocycles. The van der Waals surface area contributed by atoms with Gasteiger partial charge in [0.05, 0.1) is 114 Å². The van der Waals surface area contributed by atoms with Crippen LogP contribution in [0, 0.1) is 6.92 Å². The monoisotopic (exact) mass is 2010 g/mol. The summed E-state index contributed by atoms with van der Waals surface area (Å²) in [6.07, 6.45) is 2.89. The summed E-state index contributed by atoms with van der Waals surface area (Å²) >= 11 is 0. The average molecular weight is 2010 g/mol. The number of carbonyl (C=O) groups is 15. The number of nitrogens with zero attached hydrogens (tertiary/aromatic N) is 13. The largest absolute Gasteiger partial charge is 0.497 e. The SMILES string of the molecule is CCCc1cc([C@]2(CN3Cc4ccc(OC)cc4C3=O)NC(=O)NC2=O)on1.COc1ccc2c(c1)C(=O)N(C[C@@]1(c3cc(-c4ccccc4)nn3C)NC(=O)NC1=O)C2.COc1ccc2c(c1)C(=O)N(C[C@@]1(c3cc(C)no3)NC(=O)NC1=O)C2.COc1ccc2c(c1)C(=O)N(C[C@@]1(c3cn[nH]n3)NC(=O)NC1=O)C2.COc1ccc2c(c1)C(=O)N(C[C@]1(c3cc(-c4ccccc4)nn3-c3ccccc3)NC(=O)NC1=O)C2. The third-order valence-corrected chi connectivity index (χ3v) is 26.8. The highest BCUT2D eigenvalue weighted by molar-refractivity contribution is 6.13. The first kappa shape index (κ1) is 97.6. The number of nitrogens with one attached hydrogen (secondary N) is 11. The number of para-hydroxylation sites is 1. The lowest BCUT2D eigenvalue weighted by molar-refractivity contribution is -0.126. The van der Waals surface area contributed by atoms with Gasteiger partial charge in [0.1, 0.15) is 34.4 Å². The van der Waals surface area contributed by atoms with Crippen LogP contribution in [0.25, 0.3) is 28.2 Å². The summed E-state index contributed by atoms with van der Waals surface area (Å²) in [5.74, 6) is -0.717. The summed E-state index contributed by atoms with van der Waals surface area (Å²) in [7, 11) is 9.38. The van der Waals surface area contributed by atoms with Crippen molar-refractivity contribution in [2.45, 2.75) is 87.1 Å². The first-order valence-electron chi connectivity index (χ1n) is 46.4. The second-order valence-electron chi connectivity index (χ2n) is 36.0. The predicted molar refractivity (Wildman–Crippen MR) is 516 cm³/mol. The maximum absolute atomic E-state index is 13.5. The number of amides is 20. The van der Waals surface area contributed by atoms with Crippen molar-refractivity contribution in [1.29, 1.82) is 0 Å². The Morgan fingerprint density at radius 3 is 1.00 bits per heavy atom. The van der Waals surface area contributed by atoms with Crippen LogP contribution in [-0.4, -0.2) is 227 Å². The number of rotatable bonds is 25. The van der Waals surface area contributed by atoms with Crippen molar-refractivity contribution in [2.75, 3.05) is 68.3 Å². The molecule has 8 aromatic carbocycles. The minimum absolute atomic E-state index is 0.0336. The summed E-state index contributed by atoms with van der Waals surface area (Å²) in [6.45, 7) is 4.97. The van der Waals surface area contributed by atoms with Gasteiger partial charge >= 0.3 is 30.2 Å². The lowest BCUT2D eigenvalue weighted by atomic mass is 9.93. The van der Waals surface area contributed by atoms with Gasteiger partial charge in [0, 0.05) is 90.8 Å². The molecule has 13 aromatic rings. The zero-order chi connectivity index (χ0) is 104. The van der Waals surface area contributed by atoms with Gasteiger partial charge in [-0.2, -0.15) is 25.6 Å². The van der Waals surface area contributed by atoms with E-state index in [0.717, 1.165) is 45.4 Å². The van der Waals surface area contributed by atoms with Gasteiger partial charge in [0.15, 0.2) is 39.2 Å². The van der Waals surface area contributed by atoms with Crippen LogP contribution in [0.4, 0.5) is 24.0 Å². The van der Waals surface area contributed by atoms with Gasteiger partial charge in [0.25, 0.3) is 59.1 Å². The van der Waals surface area contributed by atoms with E-state index in [2.05, 4.69) is 84.0 Å². The molecule has 0 unspecified atom stereocenters. The molecule has 11 N–H and O–H groups in total. The molecule has 148 heavy (non-hydrogen) atoms. The molecule has 0 saturated carbocycles. The van der Waals surface area contributed by atoms with Crippen molar-refractivity contribution in [2.24, 2.45) is 7.05 Å². The number of H-pyrrole nitrogens is 1. The zero-order valence-electron chi connectivity index (χ0n) is 80.5. The number of ether oxygens (including phenoxy) is 5. The maximum atomic E-state index is 13.5. The molecule has 10 aliphatic heterocycles. The second kappa shape index (κ2) is 39.2. The fourth-order valence-electron chi connectivity index (χ4n) is 19.4. The van der Waals surface area contributed by atoms with Gasteiger partial charge in [-0.1, -0.05) is 133 Å². The lowest BCUT2D eigenvalue weighted by Crippen LogP contribution is -2.53. The molecule has 46 heteroatoms. The van der Waals surface area contributed by atoms with E-state index in [-0.39, 0.29) is 79.5 Å². The Hall–Kier alpha value is -19.2. The van der Waals surface area contributed by atoms with E-state index in [0.29, 0.717) is 136 Å². The summed E-state index contributed by atoms with van der Waals surface area (Å²) < 4.78 is 39.9. The molecule has 5 aromatic heterocycles. The Balaban J connectivity index is 0.000000117. The van der Waals surface area contributed by atoms with Crippen LogP contribution in [0.15, 0.2) is 221 Å². The van der Waals surface area contributed by atoms with Gasteiger partial charge in [0.2, 0.25) is 0 Å². The Kier molecular flexibility index (Phi) is 25.9. The summed E-state index contributed by atoms with van der Waals surface area (Å²) in [6, 6.07) is 58.6. The topological polar surface area (TPSA) is 568 Å². The van der Waals surface area contributed by atoms with Crippen molar-refractivity contribution in [3.63, 3.8) is 0 Å². The van der Waals surface area contributed by atoms with Crippen molar-refractivity contribution in [3.8, 4) is 56.9 Å². The quantitative estimate of drug-likeness (QED) is 0.0271. The van der Waals surface area contributed by atoms with Gasteiger partial charge in [-0.15, -0.1) is 0 Å². The third kappa shape index (κ3) is 18.0. The number of fused-ring (bicyclic) bond motifs is 5. The summed E-state index contributed by atoms with van der Waals surface area (Å²) in [5.41, 5.74) is 5.36. The number of aryl methyl sites for hydroxylation is 3. The molecule has 20 amide bonds. The van der Waals surface area contributed by atoms with Crippen LogP contribution >= 0.6 is 0 Å². The minimum atomic E-state index is -1.56. The zero-order valence-corrected chi connectivity index (χ0v) is 80.5. The minimum Gasteiger partial charge on any atom is -0.497 e. The highest BCUT2D eigenvalue weighted by Crippen LogP contribution is 2.42. The molecule has 23 rings (SSSR count). The van der Waals surface area contributed by atoms with E-state index in [4.69, 9.17) is 37.8 Å². The molecular formula is C102H94N24O22. The lowest BCUT2D eigenvalue weighted by Gasteiger charge is -2.31. The molecule has 5 atom stereocenters. The number of hydrogen-bond acceptors (Lipinski definition) is 28. The van der Waals surface area contributed by atoms with Gasteiger partial charge in [-0.25, -0.2) is 28.7 Å². The first-order valence-corrected chi connectivity index (χ1v) is 46.4. The molecule has 10 aliphatic rings. The van der Waals surface area contributed by atoms with E-state index >= 15 is 0 Å². The summed E-state index contributed by atoms with van der Waals surface area (Å²) in [5, 5.41) is 51.9. The standard InChI is InChI=1S/C28H23N5O4.C23H21N5O4.C19H20N4O5.C17H16N4O5.C15H14N6O4/c1-37-21-13-12-19-16-32(25(34)22(19)14-21)17-28(26(35)29-27(36)30-28)24-15-23(18-8-4-2-5-9-18)31-33(24)20-10-6-3-7-11-20;1-27-19(11-18(26-27)14-6-4-3-5-7-14)23(21(30)24-22(31)25-23)13-28-12-15-8-9-16(32-2)10-17(15)20(28)29;1-3-4-12-7-15(28-22-12)19(17(25)20-18(26)21-19)10-23-9-11-5-6-13(27-2)8-14(11)16(23)24;1-9-5-13(26-20-9)17(15(23)18-16(24)19-17)8-21-7-10-3-4-11(25-2)6-12(10)14(21)22;1-25-9-3-2-8-6-21(12(22)10(8)4-9)7-15(11-5-16-20-19-11)13(23)17-14(24)18-15/h2-15H,16-17H2,1H3,(H2,29,30,35,36);3-11H,12-13H2,1-2H3,(H2,24,25,30,31);5-8H,3-4,9-10H2,1-2H3,(H2,20,21,25,26);3-6H,7-8H2,1-2H3,(H2,18,19,23,24);2-5H,6-7H2,1H3,(H,16,19,20)(H2,17,18,23,24)/t28-;23-;19-;17-;15-/m10000/s1. The normalized spacial score (nSPS) is 20.4. The molecule has 754 valence electrons. The van der Waals surface area contributed by atoms with Crippen LogP contribution < -0.4 is 76.9 Å². The van der Waals surface area contributed by atoms with E-state index in [9.17, 15) is 71.9 Å². The Labute approximate surface area is 840 Å². The first-order chi connectivity index (χ1) is 71.3. The molecule has 5 saturated heterocycles. The van der Waals surface area contributed by atoms with E-state index in [1.54, 1.807) is 132 Å². The number of hydrogen-bond donors (Lipinski definition) is 11. The van der Waals surface area contributed by atoms with E-state index < -0.39 is 87.4 Å². The van der Waals surface area contributed by atoms with Crippen LogP contribution in [-0.2, 0) is 97.9 Å². The van der Waals surface area contributed by atoms with Gasteiger partial charge in [-0.3, -0.25) is 79.2 Å². The maximum Gasteiger partial charge on any atom is 0.322 e. The molecule has 0 radical (unpaired) electrons. The number of methoxy groups -OCH3 is 5. The average Bonchev–Trinajstić information content (AvgIpc) is 1.55. The van der Waals surface area contributed by atoms with Crippen LogP contribution in [0.2, 0.25) is 0 Å². The van der Waals surface area contributed by atoms with Crippen LogP contribution in [0.1, 0.15) is 133 Å². The molecule has 15 heterocycles. The van der Waals surface area contributed by atoms with E-state index in [1.165, 1.54) is 42.2 Å². The van der Waals surface area contributed by atoms with Crippen LogP contribution in [0.5, 0.6) is 28.7 Å². The highest BCUT2D eigenvalue weighted by Gasteiger charge is 2.59. The Morgan fingerprint density at radius 2 is 0.669 bits per heavy atom. The van der Waals surface area contributed by atoms with Crippen molar-refractivity contribution >= 4 is 89.2 Å². The fraction of sp³-hybridized carbons (Fsp3) is 0.245. The number of aromatic amines is 1. The van der Waals surface area contributed by atoms with Crippen molar-refractivity contribution < 1.29 is 105 Å².